The molecule has 2 aromatic rings. The monoisotopic (exact) mass is 264 g/mol. The number of hydrogen-bond acceptors (Lipinski definition) is 3. The fraction of sp³-hybridized carbons (Fsp3) is 0.133. The van der Waals surface area contributed by atoms with E-state index in [1.165, 1.54) is 0 Å². The molecule has 1 heterocycles. The van der Waals surface area contributed by atoms with E-state index in [9.17, 15) is 5.02 Å². The summed E-state index contributed by atoms with van der Waals surface area (Å²) in [7, 11) is 1.17. The van der Waals surface area contributed by atoms with E-state index in [4.69, 9.17) is 11.2 Å². The van der Waals surface area contributed by atoms with Gasteiger partial charge in [0.1, 0.15) is 0 Å². The van der Waals surface area contributed by atoms with Gasteiger partial charge in [0.05, 0.1) is 13.2 Å². The third-order valence-corrected chi connectivity index (χ3v) is 3.54. The first-order valence-electron chi connectivity index (χ1n) is 6.33. The average molecular weight is 264 g/mol. The van der Waals surface area contributed by atoms with Gasteiger partial charge in [0.25, 0.3) is 0 Å². The molecule has 0 saturated carbocycles. The van der Waals surface area contributed by atoms with E-state index in [2.05, 4.69) is 4.85 Å². The Morgan fingerprint density at radius 3 is 2.60 bits per heavy atom. The van der Waals surface area contributed by atoms with Crippen LogP contribution >= 0.6 is 0 Å². The Morgan fingerprint density at radius 1 is 1.20 bits per heavy atom. The minimum Gasteiger partial charge on any atom is -0.423 e. The normalized spacial score (nSPS) is 12.9. The average Bonchev–Trinajstić information content (AvgIpc) is 2.87. The third kappa shape index (κ3) is 2.16. The predicted molar refractivity (Wildman–Crippen MR) is 79.6 cm³/mol. The summed E-state index contributed by atoms with van der Waals surface area (Å²) < 4.78 is 5.20. The molecule has 0 saturated heterocycles. The van der Waals surface area contributed by atoms with Crippen LogP contribution in [0.4, 0.5) is 17.1 Å². The predicted octanol–water partition coefficient (Wildman–Crippen LogP) is 2.22. The van der Waals surface area contributed by atoms with Crippen LogP contribution in [-0.2, 0) is 11.3 Å². The van der Waals surface area contributed by atoms with Crippen molar-refractivity contribution in [3.05, 3.63) is 59.4 Å². The third-order valence-electron chi connectivity index (χ3n) is 3.54. The van der Waals surface area contributed by atoms with Crippen LogP contribution in [0.1, 0.15) is 5.56 Å². The fourth-order valence-corrected chi connectivity index (χ4v) is 2.33. The smallest absolute Gasteiger partial charge is 0.423 e. The van der Waals surface area contributed by atoms with Crippen LogP contribution in [0.3, 0.4) is 0 Å². The highest BCUT2D eigenvalue weighted by molar-refractivity contribution is 6.61. The van der Waals surface area contributed by atoms with Gasteiger partial charge in [-0.05, 0) is 35.3 Å². The Labute approximate surface area is 118 Å². The summed E-state index contributed by atoms with van der Waals surface area (Å²) in [4.78, 5) is 5.43. The first-order valence-corrected chi connectivity index (χ1v) is 6.33. The molecule has 0 unspecified atom stereocenters. The van der Waals surface area contributed by atoms with Gasteiger partial charge >= 0.3 is 7.12 Å². The summed E-state index contributed by atoms with van der Waals surface area (Å²) in [5, 5.41) is 9.62. The number of nitrogens with zero attached hydrogens (tertiary/aromatic N) is 2. The molecule has 1 N–H and O–H groups in total. The standard InChI is InChI=1S/C15H13BN2O2/c1-17-12-3-5-13(6-4-12)18(2)14-7-8-15-11(9-14)10-20-16(15)19/h3-9,19H,10H2,2H3. The Balaban J connectivity index is 1.90. The van der Waals surface area contributed by atoms with Gasteiger partial charge in [0, 0.05) is 18.4 Å². The van der Waals surface area contributed by atoms with Crippen LogP contribution < -0.4 is 10.4 Å². The molecule has 0 amide bonds. The van der Waals surface area contributed by atoms with E-state index in [1.54, 1.807) is 12.1 Å². The minimum atomic E-state index is -0.803. The highest BCUT2D eigenvalue weighted by Gasteiger charge is 2.27. The molecular weight excluding hydrogens is 251 g/mol. The molecule has 98 valence electrons. The van der Waals surface area contributed by atoms with Crippen molar-refractivity contribution in [2.24, 2.45) is 0 Å². The van der Waals surface area contributed by atoms with Crippen LogP contribution in [0.2, 0.25) is 0 Å². The molecule has 5 heteroatoms. The lowest BCUT2D eigenvalue weighted by molar-refractivity contribution is 0.275. The van der Waals surface area contributed by atoms with E-state index >= 15 is 0 Å². The molecular formula is C15H13BN2O2. The highest BCUT2D eigenvalue weighted by atomic mass is 16.5. The molecule has 1 aliphatic rings. The second kappa shape index (κ2) is 5.01. The van der Waals surface area contributed by atoms with Crippen molar-refractivity contribution < 1.29 is 9.68 Å². The number of anilines is 2. The summed E-state index contributed by atoms with van der Waals surface area (Å²) in [6, 6.07) is 13.3. The highest BCUT2D eigenvalue weighted by Crippen LogP contribution is 2.27. The zero-order valence-electron chi connectivity index (χ0n) is 11.1. The van der Waals surface area contributed by atoms with Gasteiger partial charge in [-0.2, -0.15) is 0 Å². The van der Waals surface area contributed by atoms with Gasteiger partial charge in [-0.3, -0.25) is 0 Å². The van der Waals surface area contributed by atoms with Gasteiger partial charge < -0.3 is 14.6 Å². The summed E-state index contributed by atoms with van der Waals surface area (Å²) in [6.07, 6.45) is 0. The van der Waals surface area contributed by atoms with Crippen molar-refractivity contribution in [2.45, 2.75) is 6.61 Å². The summed E-state index contributed by atoms with van der Waals surface area (Å²) in [6.45, 7) is 7.40. The van der Waals surface area contributed by atoms with Crippen molar-refractivity contribution >= 4 is 29.6 Å². The summed E-state index contributed by atoms with van der Waals surface area (Å²) in [5.41, 5.74) is 4.52. The number of hydrogen-bond donors (Lipinski definition) is 1. The lowest BCUT2D eigenvalue weighted by Gasteiger charge is -2.20. The molecule has 1 aliphatic heterocycles. The maximum Gasteiger partial charge on any atom is 0.491 e. The van der Waals surface area contributed by atoms with Gasteiger partial charge in [0.15, 0.2) is 5.69 Å². The number of benzene rings is 2. The molecule has 0 atom stereocenters. The van der Waals surface area contributed by atoms with E-state index in [-0.39, 0.29) is 0 Å². The first-order chi connectivity index (χ1) is 9.69. The molecule has 0 radical (unpaired) electrons. The lowest BCUT2D eigenvalue weighted by Crippen LogP contribution is -2.28. The molecule has 0 fully saturated rings. The number of fused-ring (bicyclic) bond motifs is 1. The van der Waals surface area contributed by atoms with Crippen LogP contribution in [-0.4, -0.2) is 19.2 Å². The topological polar surface area (TPSA) is 37.1 Å². The van der Waals surface area contributed by atoms with Gasteiger partial charge in [-0.1, -0.05) is 18.2 Å². The molecule has 20 heavy (non-hydrogen) atoms. The summed E-state index contributed by atoms with van der Waals surface area (Å²) >= 11 is 0. The van der Waals surface area contributed by atoms with E-state index in [0.717, 1.165) is 22.4 Å². The van der Waals surface area contributed by atoms with E-state index in [0.29, 0.717) is 12.3 Å². The van der Waals surface area contributed by atoms with Gasteiger partial charge in [-0.25, -0.2) is 4.85 Å². The molecule has 3 rings (SSSR count). The Bertz CT molecular complexity index is 679. The quantitative estimate of drug-likeness (QED) is 0.667. The number of rotatable bonds is 2. The minimum absolute atomic E-state index is 0.439. The van der Waals surface area contributed by atoms with Crippen molar-refractivity contribution in [3.8, 4) is 0 Å². The lowest BCUT2D eigenvalue weighted by atomic mass is 9.79. The van der Waals surface area contributed by atoms with Crippen molar-refractivity contribution in [3.63, 3.8) is 0 Å². The van der Waals surface area contributed by atoms with Crippen LogP contribution in [0.5, 0.6) is 0 Å². The maximum atomic E-state index is 9.62. The molecule has 0 aliphatic carbocycles. The van der Waals surface area contributed by atoms with Gasteiger partial charge in [-0.15, -0.1) is 0 Å². The second-order valence-corrected chi connectivity index (χ2v) is 4.73. The molecule has 0 bridgehead atoms. The zero-order valence-corrected chi connectivity index (χ0v) is 11.1. The first kappa shape index (κ1) is 12.7. The Kier molecular flexibility index (Phi) is 3.19. The Morgan fingerprint density at radius 2 is 1.90 bits per heavy atom. The van der Waals surface area contributed by atoms with Crippen molar-refractivity contribution in [1.29, 1.82) is 0 Å². The van der Waals surface area contributed by atoms with E-state index in [1.807, 2.05) is 42.3 Å². The maximum absolute atomic E-state index is 9.62. The van der Waals surface area contributed by atoms with Crippen molar-refractivity contribution in [2.75, 3.05) is 11.9 Å². The van der Waals surface area contributed by atoms with Crippen LogP contribution in [0, 0.1) is 6.57 Å². The Hall–Kier alpha value is -2.29. The van der Waals surface area contributed by atoms with Gasteiger partial charge in [0.2, 0.25) is 0 Å². The summed E-state index contributed by atoms with van der Waals surface area (Å²) in [5.74, 6) is 0. The molecule has 4 nitrogen and oxygen atoms in total. The van der Waals surface area contributed by atoms with E-state index < -0.39 is 7.12 Å². The molecule has 0 aromatic heterocycles. The molecule has 0 spiro atoms. The zero-order chi connectivity index (χ0) is 14.1. The SMILES string of the molecule is [C-]#[N+]c1ccc(N(C)c2ccc3c(c2)COB3O)cc1. The second-order valence-electron chi connectivity index (χ2n) is 4.73. The molecule has 2 aromatic carbocycles. The fourth-order valence-electron chi connectivity index (χ4n) is 2.33. The largest absolute Gasteiger partial charge is 0.491 e. The van der Waals surface area contributed by atoms with Crippen molar-refractivity contribution in [1.82, 2.24) is 0 Å². The van der Waals surface area contributed by atoms with Crippen LogP contribution in [0.15, 0.2) is 42.5 Å². The van der Waals surface area contributed by atoms with Crippen LogP contribution in [0.25, 0.3) is 4.85 Å².